The van der Waals surface area contributed by atoms with Crippen LogP contribution in [0.25, 0.3) is 0 Å². The first-order valence-electron chi connectivity index (χ1n) is 5.70. The standard InChI is InChI=1S/C11H19N3O2S2/c1-14-6-4-13-11(14)18-8-5-12-10(16)9(15)3-7-17-2/h4,6,9,15H,3,5,7-8H2,1-2H3,(H,12,16). The Labute approximate surface area is 116 Å². The Balaban J connectivity index is 2.14. The molecule has 2 N–H and O–H groups in total. The number of aryl methyl sites for hydroxylation is 1. The second kappa shape index (κ2) is 8.44. The molecule has 18 heavy (non-hydrogen) atoms. The van der Waals surface area contributed by atoms with Gasteiger partial charge in [0.25, 0.3) is 0 Å². The molecule has 0 spiro atoms. The summed E-state index contributed by atoms with van der Waals surface area (Å²) in [5.74, 6) is 1.24. The fourth-order valence-electron chi connectivity index (χ4n) is 1.29. The van der Waals surface area contributed by atoms with E-state index >= 15 is 0 Å². The molecule has 0 aliphatic rings. The first-order valence-corrected chi connectivity index (χ1v) is 8.08. The number of imidazole rings is 1. The lowest BCUT2D eigenvalue weighted by atomic mass is 10.2. The van der Waals surface area contributed by atoms with Crippen molar-refractivity contribution in [2.24, 2.45) is 7.05 Å². The van der Waals surface area contributed by atoms with Gasteiger partial charge in [0.2, 0.25) is 5.91 Å². The number of aromatic nitrogens is 2. The Bertz CT molecular complexity index is 371. The summed E-state index contributed by atoms with van der Waals surface area (Å²) in [7, 11) is 1.93. The predicted octanol–water partition coefficient (Wildman–Crippen LogP) is 0.742. The number of rotatable bonds is 8. The molecule has 0 aromatic carbocycles. The first kappa shape index (κ1) is 15.4. The maximum atomic E-state index is 11.5. The molecule has 0 radical (unpaired) electrons. The van der Waals surface area contributed by atoms with Gasteiger partial charge >= 0.3 is 0 Å². The number of aliphatic hydroxyl groups excluding tert-OH is 1. The third-order valence-electron chi connectivity index (χ3n) is 2.31. The Morgan fingerprint density at radius 2 is 2.39 bits per heavy atom. The van der Waals surface area contributed by atoms with Gasteiger partial charge in [-0.25, -0.2) is 4.98 Å². The van der Waals surface area contributed by atoms with E-state index in [1.54, 1.807) is 29.7 Å². The van der Waals surface area contributed by atoms with Crippen LogP contribution in [-0.4, -0.2) is 51.0 Å². The topological polar surface area (TPSA) is 67.2 Å². The average molecular weight is 289 g/mol. The summed E-state index contributed by atoms with van der Waals surface area (Å²) in [4.78, 5) is 15.6. The summed E-state index contributed by atoms with van der Waals surface area (Å²) >= 11 is 3.20. The van der Waals surface area contributed by atoms with Gasteiger partial charge in [-0.2, -0.15) is 11.8 Å². The normalized spacial score (nSPS) is 12.4. The summed E-state index contributed by atoms with van der Waals surface area (Å²) < 4.78 is 1.93. The lowest BCUT2D eigenvalue weighted by Crippen LogP contribution is -2.36. The predicted molar refractivity (Wildman–Crippen MR) is 75.9 cm³/mol. The summed E-state index contributed by atoms with van der Waals surface area (Å²) in [6.45, 7) is 0.534. The van der Waals surface area contributed by atoms with Crippen LogP contribution in [0.15, 0.2) is 17.6 Å². The fraction of sp³-hybridized carbons (Fsp3) is 0.636. The number of nitrogens with one attached hydrogen (secondary N) is 1. The van der Waals surface area contributed by atoms with Crippen LogP contribution >= 0.6 is 23.5 Å². The van der Waals surface area contributed by atoms with Crippen LogP contribution in [0.4, 0.5) is 0 Å². The average Bonchev–Trinajstić information content (AvgIpc) is 2.77. The van der Waals surface area contributed by atoms with Crippen molar-refractivity contribution in [2.45, 2.75) is 17.7 Å². The zero-order valence-electron chi connectivity index (χ0n) is 10.6. The minimum Gasteiger partial charge on any atom is -0.383 e. The van der Waals surface area contributed by atoms with E-state index in [0.29, 0.717) is 13.0 Å². The number of hydrogen-bond acceptors (Lipinski definition) is 5. The van der Waals surface area contributed by atoms with E-state index in [4.69, 9.17) is 0 Å². The molecule has 0 aliphatic carbocycles. The van der Waals surface area contributed by atoms with Crippen LogP contribution in [0.5, 0.6) is 0 Å². The largest absolute Gasteiger partial charge is 0.383 e. The van der Waals surface area contributed by atoms with Crippen LogP contribution in [0, 0.1) is 0 Å². The molecule has 102 valence electrons. The SMILES string of the molecule is CSCCC(O)C(=O)NCCSc1nccn1C. The van der Waals surface area contributed by atoms with Crippen molar-refractivity contribution < 1.29 is 9.90 Å². The van der Waals surface area contributed by atoms with Crippen LogP contribution in [0.3, 0.4) is 0 Å². The smallest absolute Gasteiger partial charge is 0.248 e. The number of carbonyl (C=O) groups is 1. The van der Waals surface area contributed by atoms with Crippen molar-refractivity contribution in [2.75, 3.05) is 24.3 Å². The molecule has 5 nitrogen and oxygen atoms in total. The monoisotopic (exact) mass is 289 g/mol. The fourth-order valence-corrected chi connectivity index (χ4v) is 2.53. The van der Waals surface area contributed by atoms with Gasteiger partial charge in [-0.3, -0.25) is 4.79 Å². The van der Waals surface area contributed by atoms with E-state index in [2.05, 4.69) is 10.3 Å². The molecule has 1 heterocycles. The van der Waals surface area contributed by atoms with Gasteiger partial charge in [0.05, 0.1) is 0 Å². The van der Waals surface area contributed by atoms with Crippen LogP contribution in [-0.2, 0) is 11.8 Å². The zero-order valence-corrected chi connectivity index (χ0v) is 12.3. The van der Waals surface area contributed by atoms with Crippen molar-refractivity contribution in [3.63, 3.8) is 0 Å². The number of hydrogen-bond donors (Lipinski definition) is 2. The number of nitrogens with zero attached hydrogens (tertiary/aromatic N) is 2. The van der Waals surface area contributed by atoms with Crippen LogP contribution in [0.1, 0.15) is 6.42 Å². The molecule has 0 aliphatic heterocycles. The second-order valence-electron chi connectivity index (χ2n) is 3.76. The van der Waals surface area contributed by atoms with E-state index in [-0.39, 0.29) is 5.91 Å². The molecule has 1 amide bonds. The molecule has 0 fully saturated rings. The zero-order chi connectivity index (χ0) is 13.4. The highest BCUT2D eigenvalue weighted by Gasteiger charge is 2.13. The Morgan fingerprint density at radius 1 is 1.61 bits per heavy atom. The van der Waals surface area contributed by atoms with Gasteiger partial charge in [0.15, 0.2) is 5.16 Å². The minimum atomic E-state index is -0.893. The van der Waals surface area contributed by atoms with Crippen molar-refractivity contribution in [3.05, 3.63) is 12.4 Å². The van der Waals surface area contributed by atoms with Gasteiger partial charge in [-0.05, 0) is 18.4 Å². The molecule has 1 atom stereocenters. The number of carbonyl (C=O) groups excluding carboxylic acids is 1. The van der Waals surface area contributed by atoms with Crippen molar-refractivity contribution in [3.8, 4) is 0 Å². The van der Waals surface area contributed by atoms with Crippen molar-refractivity contribution in [1.82, 2.24) is 14.9 Å². The summed E-state index contributed by atoms with van der Waals surface area (Å²) in [5.41, 5.74) is 0. The Kier molecular flexibility index (Phi) is 7.22. The molecular formula is C11H19N3O2S2. The summed E-state index contributed by atoms with van der Waals surface area (Å²) in [6, 6.07) is 0. The van der Waals surface area contributed by atoms with Gasteiger partial charge in [-0.1, -0.05) is 11.8 Å². The van der Waals surface area contributed by atoms with E-state index in [1.165, 1.54) is 0 Å². The number of amides is 1. The lowest BCUT2D eigenvalue weighted by Gasteiger charge is -2.10. The van der Waals surface area contributed by atoms with E-state index < -0.39 is 6.10 Å². The molecule has 1 aromatic rings. The van der Waals surface area contributed by atoms with Crippen LogP contribution < -0.4 is 5.32 Å². The minimum absolute atomic E-state index is 0.288. The van der Waals surface area contributed by atoms with E-state index in [0.717, 1.165) is 16.7 Å². The van der Waals surface area contributed by atoms with Gasteiger partial charge < -0.3 is 15.0 Å². The quantitative estimate of drug-likeness (QED) is 0.546. The summed E-state index contributed by atoms with van der Waals surface area (Å²) in [5, 5.41) is 13.2. The Hall–Kier alpha value is -0.660. The van der Waals surface area contributed by atoms with Crippen molar-refractivity contribution >= 4 is 29.4 Å². The highest BCUT2D eigenvalue weighted by molar-refractivity contribution is 7.99. The van der Waals surface area contributed by atoms with E-state index in [1.807, 2.05) is 24.1 Å². The molecule has 1 unspecified atom stereocenters. The van der Waals surface area contributed by atoms with Crippen LogP contribution in [0.2, 0.25) is 0 Å². The Morgan fingerprint density at radius 3 is 3.00 bits per heavy atom. The molecule has 1 aromatic heterocycles. The third-order valence-corrected chi connectivity index (χ3v) is 4.01. The molecule has 0 saturated carbocycles. The third kappa shape index (κ3) is 5.32. The van der Waals surface area contributed by atoms with E-state index in [9.17, 15) is 9.90 Å². The van der Waals surface area contributed by atoms with Crippen molar-refractivity contribution in [1.29, 1.82) is 0 Å². The molecule has 1 rings (SSSR count). The highest BCUT2D eigenvalue weighted by atomic mass is 32.2. The molecule has 0 saturated heterocycles. The number of thioether (sulfide) groups is 2. The van der Waals surface area contributed by atoms with Gasteiger partial charge in [0, 0.05) is 31.7 Å². The molecule has 7 heteroatoms. The lowest BCUT2D eigenvalue weighted by molar-refractivity contribution is -0.129. The second-order valence-corrected chi connectivity index (χ2v) is 5.81. The molecule has 0 bridgehead atoms. The van der Waals surface area contributed by atoms with Gasteiger partial charge in [0.1, 0.15) is 6.10 Å². The maximum Gasteiger partial charge on any atom is 0.248 e. The summed E-state index contributed by atoms with van der Waals surface area (Å²) in [6.07, 6.45) is 5.18. The maximum absolute atomic E-state index is 11.5. The van der Waals surface area contributed by atoms with Gasteiger partial charge in [-0.15, -0.1) is 0 Å². The molecular weight excluding hydrogens is 270 g/mol. The number of aliphatic hydroxyl groups is 1. The highest BCUT2D eigenvalue weighted by Crippen LogP contribution is 2.12. The first-order chi connectivity index (χ1) is 8.65.